The largest absolute Gasteiger partial charge is 0.494 e. The minimum Gasteiger partial charge on any atom is -0.399 e. The number of rotatable bonds is 3. The Hall–Kier alpha value is -1.34. The summed E-state index contributed by atoms with van der Waals surface area (Å²) in [5, 5.41) is 1.22. The highest BCUT2D eigenvalue weighted by molar-refractivity contribution is 6.62. The number of nitrogens with two attached hydrogens (primary N) is 1. The van der Waals surface area contributed by atoms with Crippen LogP contribution in [-0.4, -0.2) is 36.1 Å². The number of fused-ring (bicyclic) bond motifs is 1. The van der Waals surface area contributed by atoms with Gasteiger partial charge in [-0.1, -0.05) is 12.1 Å². The molecule has 0 atom stereocenters. The summed E-state index contributed by atoms with van der Waals surface area (Å²) in [6, 6.07) is 6.94. The molecule has 4 rings (SSSR count). The molecule has 2 fully saturated rings. The molecule has 2 aliphatic rings. The van der Waals surface area contributed by atoms with E-state index < -0.39 is 0 Å². The number of benzene rings is 1. The SMILES string of the molecule is CC1(C)OB(c2ccc3c(CN)cn(C4CCOCC4)c3c2)OC1(C)C. The molecule has 0 bridgehead atoms. The van der Waals surface area contributed by atoms with Crippen molar-refractivity contribution in [3.05, 3.63) is 30.0 Å². The zero-order chi connectivity index (χ0) is 18.5. The molecule has 5 nitrogen and oxygen atoms in total. The van der Waals surface area contributed by atoms with Crippen molar-refractivity contribution in [2.45, 2.75) is 64.3 Å². The van der Waals surface area contributed by atoms with Gasteiger partial charge >= 0.3 is 7.12 Å². The van der Waals surface area contributed by atoms with E-state index in [-0.39, 0.29) is 18.3 Å². The van der Waals surface area contributed by atoms with E-state index in [2.05, 4.69) is 56.7 Å². The summed E-state index contributed by atoms with van der Waals surface area (Å²) in [6.45, 7) is 10.5. The average molecular weight is 356 g/mol. The van der Waals surface area contributed by atoms with Crippen molar-refractivity contribution < 1.29 is 14.0 Å². The maximum atomic E-state index is 6.24. The first-order chi connectivity index (χ1) is 12.3. The third kappa shape index (κ3) is 2.89. The third-order valence-corrected chi connectivity index (χ3v) is 6.27. The highest BCUT2D eigenvalue weighted by Crippen LogP contribution is 2.37. The van der Waals surface area contributed by atoms with E-state index in [0.29, 0.717) is 12.6 Å². The van der Waals surface area contributed by atoms with Crippen molar-refractivity contribution in [1.82, 2.24) is 4.57 Å². The van der Waals surface area contributed by atoms with Gasteiger partial charge in [0, 0.05) is 42.9 Å². The molecule has 2 N–H and O–H groups in total. The van der Waals surface area contributed by atoms with E-state index in [9.17, 15) is 0 Å². The van der Waals surface area contributed by atoms with Crippen LogP contribution >= 0.6 is 0 Å². The lowest BCUT2D eigenvalue weighted by Gasteiger charge is -2.32. The number of aromatic nitrogens is 1. The van der Waals surface area contributed by atoms with E-state index in [1.165, 1.54) is 16.5 Å². The molecule has 3 heterocycles. The number of ether oxygens (including phenoxy) is 1. The van der Waals surface area contributed by atoms with Gasteiger partial charge < -0.3 is 24.3 Å². The second kappa shape index (κ2) is 6.38. The predicted molar refractivity (Wildman–Crippen MR) is 105 cm³/mol. The van der Waals surface area contributed by atoms with E-state index in [1.807, 2.05) is 0 Å². The molecular weight excluding hydrogens is 327 g/mol. The van der Waals surface area contributed by atoms with Gasteiger partial charge in [-0.15, -0.1) is 0 Å². The monoisotopic (exact) mass is 356 g/mol. The Morgan fingerprint density at radius 2 is 1.77 bits per heavy atom. The highest BCUT2D eigenvalue weighted by Gasteiger charge is 2.51. The van der Waals surface area contributed by atoms with E-state index in [0.717, 1.165) is 31.5 Å². The third-order valence-electron chi connectivity index (χ3n) is 6.27. The standard InChI is InChI=1S/C20H29BN2O3/c1-19(2)20(3,4)26-21(25-19)15-5-6-17-14(12-22)13-23(18(17)11-15)16-7-9-24-10-8-16/h5-6,11,13,16H,7-10,12,22H2,1-4H3. The summed E-state index contributed by atoms with van der Waals surface area (Å²) in [5.74, 6) is 0. The molecule has 0 aliphatic carbocycles. The van der Waals surface area contributed by atoms with Gasteiger partial charge in [0.15, 0.2) is 0 Å². The van der Waals surface area contributed by atoms with Crippen LogP contribution in [0.5, 0.6) is 0 Å². The first-order valence-corrected chi connectivity index (χ1v) is 9.59. The molecule has 2 saturated heterocycles. The maximum Gasteiger partial charge on any atom is 0.494 e. The maximum absolute atomic E-state index is 6.24. The molecule has 1 aromatic carbocycles. The Bertz CT molecular complexity index is 793. The Balaban J connectivity index is 1.74. The minimum absolute atomic E-state index is 0.336. The van der Waals surface area contributed by atoms with Crippen molar-refractivity contribution in [1.29, 1.82) is 0 Å². The summed E-state index contributed by atoms with van der Waals surface area (Å²) in [5.41, 5.74) is 8.79. The fraction of sp³-hybridized carbons (Fsp3) is 0.600. The zero-order valence-corrected chi connectivity index (χ0v) is 16.2. The average Bonchev–Trinajstić information content (AvgIpc) is 3.09. The van der Waals surface area contributed by atoms with Gasteiger partial charge in [0.1, 0.15) is 0 Å². The van der Waals surface area contributed by atoms with E-state index >= 15 is 0 Å². The van der Waals surface area contributed by atoms with Crippen molar-refractivity contribution in [3.8, 4) is 0 Å². The van der Waals surface area contributed by atoms with Crippen LogP contribution in [0.15, 0.2) is 24.4 Å². The lowest BCUT2D eigenvalue weighted by Crippen LogP contribution is -2.41. The lowest BCUT2D eigenvalue weighted by atomic mass is 9.78. The normalized spacial score (nSPS) is 23.0. The van der Waals surface area contributed by atoms with Crippen LogP contribution in [0.4, 0.5) is 0 Å². The summed E-state index contributed by atoms with van der Waals surface area (Å²) >= 11 is 0. The Morgan fingerprint density at radius 1 is 1.12 bits per heavy atom. The number of hydrogen-bond donors (Lipinski definition) is 1. The van der Waals surface area contributed by atoms with Crippen LogP contribution < -0.4 is 11.2 Å². The van der Waals surface area contributed by atoms with Gasteiger partial charge in [0.2, 0.25) is 0 Å². The molecule has 0 amide bonds. The van der Waals surface area contributed by atoms with Crippen LogP contribution in [-0.2, 0) is 20.6 Å². The van der Waals surface area contributed by atoms with Gasteiger partial charge in [0.25, 0.3) is 0 Å². The second-order valence-corrected chi connectivity index (χ2v) is 8.47. The summed E-state index contributed by atoms with van der Waals surface area (Å²) in [4.78, 5) is 0. The molecule has 0 unspecified atom stereocenters. The molecule has 140 valence electrons. The molecule has 2 aromatic rings. The highest BCUT2D eigenvalue weighted by atomic mass is 16.7. The second-order valence-electron chi connectivity index (χ2n) is 8.47. The van der Waals surface area contributed by atoms with Gasteiger partial charge in [-0.3, -0.25) is 0 Å². The Labute approximate surface area is 155 Å². The van der Waals surface area contributed by atoms with Gasteiger partial charge in [0.05, 0.1) is 11.2 Å². The first-order valence-electron chi connectivity index (χ1n) is 9.59. The Morgan fingerprint density at radius 3 is 2.38 bits per heavy atom. The summed E-state index contributed by atoms with van der Waals surface area (Å²) < 4.78 is 20.4. The molecule has 1 aromatic heterocycles. The lowest BCUT2D eigenvalue weighted by molar-refractivity contribution is 0.00578. The quantitative estimate of drug-likeness (QED) is 0.860. The van der Waals surface area contributed by atoms with Gasteiger partial charge in [-0.25, -0.2) is 0 Å². The number of hydrogen-bond acceptors (Lipinski definition) is 4. The topological polar surface area (TPSA) is 58.6 Å². The Kier molecular flexibility index (Phi) is 4.43. The van der Waals surface area contributed by atoms with Crippen LogP contribution in [0, 0.1) is 0 Å². The van der Waals surface area contributed by atoms with Crippen molar-refractivity contribution in [3.63, 3.8) is 0 Å². The molecule has 2 aliphatic heterocycles. The van der Waals surface area contributed by atoms with Crippen molar-refractivity contribution in [2.75, 3.05) is 13.2 Å². The fourth-order valence-corrected chi connectivity index (χ4v) is 3.89. The number of nitrogens with zero attached hydrogens (tertiary/aromatic N) is 1. The minimum atomic E-state index is -0.344. The molecule has 0 saturated carbocycles. The van der Waals surface area contributed by atoms with Crippen LogP contribution in [0.25, 0.3) is 10.9 Å². The molecule has 6 heteroatoms. The van der Waals surface area contributed by atoms with Crippen LogP contribution in [0.1, 0.15) is 52.1 Å². The molecule has 0 radical (unpaired) electrons. The summed E-state index contributed by atoms with van der Waals surface area (Å²) in [7, 11) is -0.344. The molecule has 26 heavy (non-hydrogen) atoms. The van der Waals surface area contributed by atoms with Gasteiger partial charge in [-0.05, 0) is 57.6 Å². The van der Waals surface area contributed by atoms with E-state index in [1.54, 1.807) is 0 Å². The summed E-state index contributed by atoms with van der Waals surface area (Å²) in [6.07, 6.45) is 4.29. The van der Waals surface area contributed by atoms with Crippen molar-refractivity contribution in [2.24, 2.45) is 5.73 Å². The smallest absolute Gasteiger partial charge is 0.399 e. The predicted octanol–water partition coefficient (Wildman–Crippen LogP) is 2.75. The van der Waals surface area contributed by atoms with Crippen LogP contribution in [0.3, 0.4) is 0 Å². The van der Waals surface area contributed by atoms with Gasteiger partial charge in [-0.2, -0.15) is 0 Å². The van der Waals surface area contributed by atoms with Crippen molar-refractivity contribution >= 4 is 23.5 Å². The first kappa shape index (κ1) is 18.0. The van der Waals surface area contributed by atoms with E-state index in [4.69, 9.17) is 19.8 Å². The fourth-order valence-electron chi connectivity index (χ4n) is 3.89. The molecule has 0 spiro atoms. The molecular formula is C20H29BN2O3. The zero-order valence-electron chi connectivity index (χ0n) is 16.2. The van der Waals surface area contributed by atoms with Crippen LogP contribution in [0.2, 0.25) is 0 Å².